The Hall–Kier alpha value is -6.22. The molecule has 1 aromatic heterocycles. The Morgan fingerprint density at radius 2 is 0.620 bits per heavy atom. The summed E-state index contributed by atoms with van der Waals surface area (Å²) in [7, 11) is 0. The molecule has 0 aliphatic rings. The zero-order valence-electron chi connectivity index (χ0n) is 27.4. The minimum atomic E-state index is 1.11. The molecule has 9 rings (SSSR count). The fourth-order valence-electron chi connectivity index (χ4n) is 6.91. The maximum absolute atomic E-state index is 2.37. The lowest BCUT2D eigenvalue weighted by molar-refractivity contribution is 1.28. The fourth-order valence-corrected chi connectivity index (χ4v) is 7.97. The third-order valence-electron chi connectivity index (χ3n) is 9.48. The van der Waals surface area contributed by atoms with Crippen LogP contribution in [0.5, 0.6) is 0 Å². The van der Waals surface area contributed by atoms with Crippen LogP contribution in [-0.2, 0) is 0 Å². The molecule has 0 aliphatic carbocycles. The van der Waals surface area contributed by atoms with E-state index in [0.29, 0.717) is 0 Å². The molecule has 8 aromatic carbocycles. The van der Waals surface area contributed by atoms with Gasteiger partial charge < -0.3 is 4.90 Å². The van der Waals surface area contributed by atoms with Gasteiger partial charge in [0.25, 0.3) is 0 Å². The van der Waals surface area contributed by atoms with E-state index in [1.54, 1.807) is 0 Å². The summed E-state index contributed by atoms with van der Waals surface area (Å²) in [4.78, 5) is 2.36. The van der Waals surface area contributed by atoms with Crippen molar-refractivity contribution in [1.29, 1.82) is 0 Å². The number of hydrogen-bond donors (Lipinski definition) is 0. The Morgan fingerprint density at radius 1 is 0.260 bits per heavy atom. The number of rotatable bonds is 7. The molecule has 0 spiro atoms. The van der Waals surface area contributed by atoms with Crippen LogP contribution in [0.25, 0.3) is 64.7 Å². The Morgan fingerprint density at radius 3 is 1.10 bits per heavy atom. The van der Waals surface area contributed by atoms with Crippen LogP contribution >= 0.6 is 11.3 Å². The van der Waals surface area contributed by atoms with E-state index < -0.39 is 0 Å². The highest BCUT2D eigenvalue weighted by atomic mass is 32.1. The van der Waals surface area contributed by atoms with E-state index in [9.17, 15) is 0 Å². The predicted octanol–water partition coefficient (Wildman–Crippen LogP) is 14.2. The molecule has 2 heteroatoms. The third kappa shape index (κ3) is 5.77. The van der Waals surface area contributed by atoms with E-state index in [0.717, 1.165) is 17.1 Å². The predicted molar refractivity (Wildman–Crippen MR) is 216 cm³/mol. The second kappa shape index (κ2) is 13.0. The lowest BCUT2D eigenvalue weighted by Gasteiger charge is -2.26. The first-order valence-electron chi connectivity index (χ1n) is 17.0. The summed E-state index contributed by atoms with van der Waals surface area (Å²) in [6.07, 6.45) is 0. The highest BCUT2D eigenvalue weighted by Gasteiger charge is 2.15. The van der Waals surface area contributed by atoms with Crippen LogP contribution in [0.1, 0.15) is 0 Å². The number of fused-ring (bicyclic) bond motifs is 3. The van der Waals surface area contributed by atoms with Gasteiger partial charge in [0.15, 0.2) is 0 Å². The summed E-state index contributed by atoms with van der Waals surface area (Å²) in [5.74, 6) is 0. The van der Waals surface area contributed by atoms with Gasteiger partial charge in [-0.25, -0.2) is 0 Å². The van der Waals surface area contributed by atoms with E-state index in [2.05, 4.69) is 205 Å². The highest BCUT2D eigenvalue weighted by Crippen LogP contribution is 2.41. The third-order valence-corrected chi connectivity index (χ3v) is 10.6. The van der Waals surface area contributed by atoms with Gasteiger partial charge in [0.05, 0.1) is 0 Å². The zero-order valence-corrected chi connectivity index (χ0v) is 28.2. The molecule has 0 radical (unpaired) electrons. The van der Waals surface area contributed by atoms with Gasteiger partial charge >= 0.3 is 0 Å². The van der Waals surface area contributed by atoms with Gasteiger partial charge in [-0.05, 0) is 105 Å². The molecule has 0 unspecified atom stereocenters. The van der Waals surface area contributed by atoms with Gasteiger partial charge in [-0.2, -0.15) is 0 Å². The van der Waals surface area contributed by atoms with Crippen molar-refractivity contribution in [2.24, 2.45) is 0 Å². The Kier molecular flexibility index (Phi) is 7.77. The van der Waals surface area contributed by atoms with Gasteiger partial charge in [0, 0.05) is 37.2 Å². The van der Waals surface area contributed by atoms with Gasteiger partial charge in [-0.1, -0.05) is 140 Å². The first kappa shape index (κ1) is 29.9. The molecule has 1 heterocycles. The van der Waals surface area contributed by atoms with Gasteiger partial charge in [0.2, 0.25) is 0 Å². The van der Waals surface area contributed by atoms with E-state index in [-0.39, 0.29) is 0 Å². The van der Waals surface area contributed by atoms with Crippen molar-refractivity contribution in [3.63, 3.8) is 0 Å². The van der Waals surface area contributed by atoms with Crippen molar-refractivity contribution in [1.82, 2.24) is 0 Å². The van der Waals surface area contributed by atoms with Crippen molar-refractivity contribution in [3.05, 3.63) is 200 Å². The number of nitrogens with zero attached hydrogens (tertiary/aromatic N) is 1. The fraction of sp³-hybridized carbons (Fsp3) is 0. The summed E-state index contributed by atoms with van der Waals surface area (Å²) < 4.78 is 2.62. The standard InChI is InChI=1S/C48H33NS/c1-4-11-34(12-5-1)37-19-25-42(26-20-37)49(43-27-21-38(22-28-43)35-13-6-2-7-14-35)44-18-10-17-39(31-44)41-24-30-48-46(33-41)45-32-40(23-29-47(45)50-48)36-15-8-3-9-16-36/h1-33H. The Labute approximate surface area is 297 Å². The maximum atomic E-state index is 2.37. The van der Waals surface area contributed by atoms with Crippen LogP contribution in [0.3, 0.4) is 0 Å². The van der Waals surface area contributed by atoms with Gasteiger partial charge in [-0.3, -0.25) is 0 Å². The number of thiophene rings is 1. The van der Waals surface area contributed by atoms with Crippen molar-refractivity contribution < 1.29 is 0 Å². The molecule has 0 aliphatic heterocycles. The highest BCUT2D eigenvalue weighted by molar-refractivity contribution is 7.25. The molecule has 1 nitrogen and oxygen atoms in total. The normalized spacial score (nSPS) is 11.2. The van der Waals surface area contributed by atoms with Crippen LogP contribution in [-0.4, -0.2) is 0 Å². The molecule has 0 N–H and O–H groups in total. The molecular formula is C48H33NS. The molecule has 0 saturated carbocycles. The summed E-state index contributed by atoms with van der Waals surface area (Å²) in [5.41, 5.74) is 13.1. The zero-order chi connectivity index (χ0) is 33.3. The summed E-state index contributed by atoms with van der Waals surface area (Å²) in [5, 5.41) is 2.61. The van der Waals surface area contributed by atoms with Crippen LogP contribution in [0.2, 0.25) is 0 Å². The van der Waals surface area contributed by atoms with Gasteiger partial charge in [-0.15, -0.1) is 11.3 Å². The number of anilines is 3. The molecule has 0 bridgehead atoms. The molecule has 0 saturated heterocycles. The first-order valence-corrected chi connectivity index (χ1v) is 17.8. The smallest absolute Gasteiger partial charge is 0.0467 e. The molecule has 236 valence electrons. The van der Waals surface area contributed by atoms with Crippen LogP contribution in [0, 0.1) is 0 Å². The lowest BCUT2D eigenvalue weighted by Crippen LogP contribution is -2.10. The molecular weight excluding hydrogens is 623 g/mol. The topological polar surface area (TPSA) is 3.24 Å². The average Bonchev–Trinajstić information content (AvgIpc) is 3.57. The van der Waals surface area contributed by atoms with Crippen molar-refractivity contribution >= 4 is 48.6 Å². The molecule has 0 amide bonds. The minimum Gasteiger partial charge on any atom is -0.310 e. The Balaban J connectivity index is 1.13. The molecule has 0 fully saturated rings. The van der Waals surface area contributed by atoms with Crippen molar-refractivity contribution in [3.8, 4) is 44.5 Å². The number of hydrogen-bond acceptors (Lipinski definition) is 2. The first-order chi connectivity index (χ1) is 24.8. The monoisotopic (exact) mass is 655 g/mol. The van der Waals surface area contributed by atoms with E-state index >= 15 is 0 Å². The lowest BCUT2D eigenvalue weighted by atomic mass is 9.99. The van der Waals surface area contributed by atoms with Crippen molar-refractivity contribution in [2.75, 3.05) is 4.90 Å². The van der Waals surface area contributed by atoms with Crippen LogP contribution in [0.4, 0.5) is 17.1 Å². The summed E-state index contributed by atoms with van der Waals surface area (Å²) in [6, 6.07) is 72.3. The summed E-state index contributed by atoms with van der Waals surface area (Å²) in [6.45, 7) is 0. The quantitative estimate of drug-likeness (QED) is 0.165. The molecule has 9 aromatic rings. The second-order valence-electron chi connectivity index (χ2n) is 12.6. The summed E-state index contributed by atoms with van der Waals surface area (Å²) >= 11 is 1.86. The van der Waals surface area contributed by atoms with E-state index in [1.807, 2.05) is 11.3 Å². The second-order valence-corrected chi connectivity index (χ2v) is 13.7. The van der Waals surface area contributed by atoms with E-state index in [4.69, 9.17) is 0 Å². The molecule has 50 heavy (non-hydrogen) atoms. The molecule has 0 atom stereocenters. The average molecular weight is 656 g/mol. The number of benzene rings is 8. The largest absolute Gasteiger partial charge is 0.310 e. The maximum Gasteiger partial charge on any atom is 0.0467 e. The SMILES string of the molecule is c1ccc(-c2ccc(N(c3ccc(-c4ccccc4)cc3)c3cccc(-c4ccc5sc6ccc(-c7ccccc7)cc6c5c4)c3)cc2)cc1. The minimum absolute atomic E-state index is 1.11. The van der Waals surface area contributed by atoms with E-state index in [1.165, 1.54) is 64.7 Å². The van der Waals surface area contributed by atoms with Crippen molar-refractivity contribution in [2.45, 2.75) is 0 Å². The van der Waals surface area contributed by atoms with Crippen LogP contribution in [0.15, 0.2) is 200 Å². The Bertz CT molecular complexity index is 2470. The van der Waals surface area contributed by atoms with Gasteiger partial charge in [0.1, 0.15) is 0 Å². The van der Waals surface area contributed by atoms with Crippen LogP contribution < -0.4 is 4.90 Å².